The molecule has 3 aromatic rings. The second-order valence-corrected chi connectivity index (χ2v) is 7.62. The minimum absolute atomic E-state index is 0.261. The molecule has 8 heteroatoms. The van der Waals surface area contributed by atoms with Crippen molar-refractivity contribution in [1.82, 2.24) is 4.90 Å². The van der Waals surface area contributed by atoms with Gasteiger partial charge in [0.1, 0.15) is 35.1 Å². The lowest BCUT2D eigenvalue weighted by Crippen LogP contribution is -2.24. The van der Waals surface area contributed by atoms with Crippen LogP contribution >= 0.6 is 11.8 Å². The van der Waals surface area contributed by atoms with Gasteiger partial charge in [0.05, 0.1) is 5.56 Å². The number of ether oxygens (including phenoxy) is 1. The first-order valence-corrected chi connectivity index (χ1v) is 9.49. The van der Waals surface area contributed by atoms with Crippen molar-refractivity contribution in [1.29, 1.82) is 0 Å². The van der Waals surface area contributed by atoms with Gasteiger partial charge >= 0.3 is 0 Å². The van der Waals surface area contributed by atoms with E-state index in [1.807, 2.05) is 6.07 Å². The number of benzene rings is 3. The summed E-state index contributed by atoms with van der Waals surface area (Å²) in [5.74, 6) is -2.88. The maximum atomic E-state index is 13.7. The third-order valence-corrected chi connectivity index (χ3v) is 5.86. The van der Waals surface area contributed by atoms with Crippen LogP contribution in [0, 0.1) is 17.5 Å². The predicted octanol–water partition coefficient (Wildman–Crippen LogP) is 5.20. The third kappa shape index (κ3) is 3.67. The number of hydrogen-bond donors (Lipinski definition) is 0. The molecule has 1 aliphatic heterocycles. The average molecular weight is 417 g/mol. The number of carbonyl (C=O) groups excluding carboxylic acids is 2. The fourth-order valence-electron chi connectivity index (χ4n) is 3.07. The normalized spacial score (nSPS) is 16.7. The smallest absolute Gasteiger partial charge is 0.289 e. The summed E-state index contributed by atoms with van der Waals surface area (Å²) in [7, 11) is 1.45. The first-order chi connectivity index (χ1) is 13.8. The minimum atomic E-state index is -1.01. The zero-order chi connectivity index (χ0) is 20.7. The van der Waals surface area contributed by atoms with E-state index in [0.717, 1.165) is 27.4 Å². The number of carbonyl (C=O) groups is 2. The van der Waals surface area contributed by atoms with Crippen LogP contribution in [0.1, 0.15) is 16.4 Å². The molecule has 0 aromatic heterocycles. The van der Waals surface area contributed by atoms with Crippen molar-refractivity contribution in [2.75, 3.05) is 7.05 Å². The number of nitrogens with zero attached hydrogens (tertiary/aromatic N) is 1. The Labute approximate surface area is 168 Å². The van der Waals surface area contributed by atoms with Gasteiger partial charge in [-0.2, -0.15) is 0 Å². The number of fused-ring (bicyclic) bond motifs is 1. The predicted molar refractivity (Wildman–Crippen MR) is 103 cm³/mol. The Morgan fingerprint density at radius 3 is 2.28 bits per heavy atom. The van der Waals surface area contributed by atoms with E-state index in [0.29, 0.717) is 23.4 Å². The van der Waals surface area contributed by atoms with Crippen LogP contribution in [0.25, 0.3) is 10.8 Å². The standard InChI is InChI=1S/C21H14F3NO3S/c1-25-20(26)19(29-21(25)27)13-3-2-12-7-15(5-4-11(12)6-13)28-10-16-17(23)8-14(22)9-18(16)24/h2-9,19H,10H2,1H3. The topological polar surface area (TPSA) is 46.6 Å². The lowest BCUT2D eigenvalue weighted by molar-refractivity contribution is -0.125. The highest BCUT2D eigenvalue weighted by Gasteiger charge is 2.38. The quantitative estimate of drug-likeness (QED) is 0.585. The van der Waals surface area contributed by atoms with Crippen LogP contribution in [0.3, 0.4) is 0 Å². The number of likely N-dealkylation sites (N-methyl/N-ethyl adjacent to an activating group) is 1. The monoisotopic (exact) mass is 417 g/mol. The number of thioether (sulfide) groups is 1. The Kier molecular flexibility index (Phi) is 4.96. The SMILES string of the molecule is CN1C(=O)SC(c2ccc3cc(OCc4c(F)cc(F)cc4F)ccc3c2)C1=O. The third-order valence-electron chi connectivity index (χ3n) is 4.67. The summed E-state index contributed by atoms with van der Waals surface area (Å²) < 4.78 is 45.9. The molecule has 0 spiro atoms. The van der Waals surface area contributed by atoms with Crippen molar-refractivity contribution in [3.8, 4) is 5.75 Å². The first-order valence-electron chi connectivity index (χ1n) is 8.61. The van der Waals surface area contributed by atoms with E-state index < -0.39 is 22.7 Å². The highest BCUT2D eigenvalue weighted by atomic mass is 32.2. The molecule has 0 bridgehead atoms. The van der Waals surface area contributed by atoms with Crippen LogP contribution < -0.4 is 4.74 Å². The molecule has 1 heterocycles. The molecular formula is C21H14F3NO3S. The summed E-state index contributed by atoms with van der Waals surface area (Å²) >= 11 is 0.971. The van der Waals surface area contributed by atoms with Crippen molar-refractivity contribution in [3.05, 3.63) is 77.1 Å². The Morgan fingerprint density at radius 2 is 1.62 bits per heavy atom. The van der Waals surface area contributed by atoms with E-state index in [9.17, 15) is 22.8 Å². The van der Waals surface area contributed by atoms with Gasteiger partial charge in [-0.3, -0.25) is 14.5 Å². The molecule has 4 nitrogen and oxygen atoms in total. The molecule has 4 rings (SSSR count). The van der Waals surface area contributed by atoms with E-state index in [2.05, 4.69) is 0 Å². The number of imide groups is 1. The summed E-state index contributed by atoms with van der Waals surface area (Å²) in [6, 6.07) is 11.6. The van der Waals surface area contributed by atoms with Crippen molar-refractivity contribution < 1.29 is 27.5 Å². The van der Waals surface area contributed by atoms with Gasteiger partial charge in [0, 0.05) is 19.2 Å². The second kappa shape index (κ2) is 7.44. The van der Waals surface area contributed by atoms with Gasteiger partial charge in [0.2, 0.25) is 5.91 Å². The largest absolute Gasteiger partial charge is 0.489 e. The zero-order valence-electron chi connectivity index (χ0n) is 15.1. The Morgan fingerprint density at radius 1 is 0.966 bits per heavy atom. The van der Waals surface area contributed by atoms with Gasteiger partial charge in [-0.05, 0) is 46.3 Å². The molecule has 148 valence electrons. The maximum Gasteiger partial charge on any atom is 0.289 e. The number of amides is 2. The molecule has 1 fully saturated rings. The highest BCUT2D eigenvalue weighted by molar-refractivity contribution is 8.14. The summed E-state index contributed by atoms with van der Waals surface area (Å²) in [6.45, 7) is -0.386. The molecule has 1 aliphatic rings. The first kappa shape index (κ1) is 19.3. The molecule has 0 N–H and O–H groups in total. The number of halogens is 3. The summed E-state index contributed by atoms with van der Waals surface area (Å²) in [4.78, 5) is 25.0. The van der Waals surface area contributed by atoms with Crippen LogP contribution in [0.5, 0.6) is 5.75 Å². The van der Waals surface area contributed by atoms with Crippen molar-refractivity contribution in [2.45, 2.75) is 11.9 Å². The van der Waals surface area contributed by atoms with Crippen molar-refractivity contribution in [3.63, 3.8) is 0 Å². The van der Waals surface area contributed by atoms with Gasteiger partial charge in [0.25, 0.3) is 5.24 Å². The average Bonchev–Trinajstić information content (AvgIpc) is 2.94. The van der Waals surface area contributed by atoms with Crippen LogP contribution in [0.15, 0.2) is 48.5 Å². The Balaban J connectivity index is 1.55. The Hall–Kier alpha value is -3.00. The molecular weight excluding hydrogens is 403 g/mol. The van der Waals surface area contributed by atoms with Crippen LogP contribution in [0.4, 0.5) is 18.0 Å². The van der Waals surface area contributed by atoms with Gasteiger partial charge in [0.15, 0.2) is 0 Å². The van der Waals surface area contributed by atoms with E-state index in [4.69, 9.17) is 4.74 Å². The lowest BCUT2D eigenvalue weighted by atomic mass is 10.0. The molecule has 1 atom stereocenters. The molecule has 0 aliphatic carbocycles. The fourth-order valence-corrected chi connectivity index (χ4v) is 4.06. The van der Waals surface area contributed by atoms with Gasteiger partial charge in [-0.25, -0.2) is 13.2 Å². The van der Waals surface area contributed by atoms with Crippen molar-refractivity contribution in [2.24, 2.45) is 0 Å². The van der Waals surface area contributed by atoms with Crippen LogP contribution in [-0.2, 0) is 11.4 Å². The van der Waals surface area contributed by atoms with Gasteiger partial charge < -0.3 is 4.74 Å². The van der Waals surface area contributed by atoms with E-state index in [1.54, 1.807) is 30.3 Å². The fraction of sp³-hybridized carbons (Fsp3) is 0.143. The van der Waals surface area contributed by atoms with E-state index in [1.165, 1.54) is 7.05 Å². The minimum Gasteiger partial charge on any atom is -0.489 e. The highest BCUT2D eigenvalue weighted by Crippen LogP contribution is 2.39. The maximum absolute atomic E-state index is 13.7. The van der Waals surface area contributed by atoms with E-state index in [-0.39, 0.29) is 23.3 Å². The molecule has 2 amide bonds. The summed E-state index contributed by atoms with van der Waals surface area (Å²) in [5, 5.41) is 0.757. The molecule has 29 heavy (non-hydrogen) atoms. The van der Waals surface area contributed by atoms with Gasteiger partial charge in [-0.1, -0.05) is 18.2 Å². The van der Waals surface area contributed by atoms with E-state index >= 15 is 0 Å². The van der Waals surface area contributed by atoms with Crippen LogP contribution in [0.2, 0.25) is 0 Å². The second-order valence-electron chi connectivity index (χ2n) is 6.57. The zero-order valence-corrected chi connectivity index (χ0v) is 15.9. The molecule has 1 unspecified atom stereocenters. The lowest BCUT2D eigenvalue weighted by Gasteiger charge is -2.11. The van der Waals surface area contributed by atoms with Crippen molar-refractivity contribution >= 4 is 33.7 Å². The number of rotatable bonds is 4. The summed E-state index contributed by atoms with van der Waals surface area (Å²) in [5.41, 5.74) is 0.363. The summed E-state index contributed by atoms with van der Waals surface area (Å²) in [6.07, 6.45) is 0. The molecule has 0 saturated carbocycles. The van der Waals surface area contributed by atoms with Crippen LogP contribution in [-0.4, -0.2) is 23.1 Å². The molecule has 1 saturated heterocycles. The molecule has 3 aromatic carbocycles. The Bertz CT molecular complexity index is 1130. The molecule has 0 radical (unpaired) electrons. The number of hydrogen-bond acceptors (Lipinski definition) is 4. The van der Waals surface area contributed by atoms with Gasteiger partial charge in [-0.15, -0.1) is 0 Å².